The summed E-state index contributed by atoms with van der Waals surface area (Å²) in [6.07, 6.45) is 3.93. The highest BCUT2D eigenvalue weighted by Gasteiger charge is 2.12. The molecule has 0 amide bonds. The average Bonchev–Trinajstić information content (AvgIpc) is 3.13. The van der Waals surface area contributed by atoms with E-state index in [-0.39, 0.29) is 0 Å². The second kappa shape index (κ2) is 12.0. The fourth-order valence-corrected chi connectivity index (χ4v) is 4.55. The lowest BCUT2D eigenvalue weighted by Crippen LogP contribution is -2.03. The maximum Gasteiger partial charge on any atom is 0.191 e. The van der Waals surface area contributed by atoms with Crippen molar-refractivity contribution in [3.63, 3.8) is 0 Å². The molecular formula is C22H24ClN3OS2. The molecule has 0 saturated heterocycles. The molecule has 0 aliphatic carbocycles. The Morgan fingerprint density at radius 2 is 1.79 bits per heavy atom. The Bertz CT molecular complexity index is 885. The maximum absolute atomic E-state index is 5.88. The molecule has 1 heterocycles. The van der Waals surface area contributed by atoms with E-state index < -0.39 is 0 Å². The Morgan fingerprint density at radius 3 is 2.55 bits per heavy atom. The number of hydrogen-bond acceptors (Lipinski definition) is 5. The van der Waals surface area contributed by atoms with Gasteiger partial charge in [-0.05, 0) is 49.2 Å². The van der Waals surface area contributed by atoms with Crippen molar-refractivity contribution >= 4 is 35.1 Å². The van der Waals surface area contributed by atoms with Crippen LogP contribution in [0.3, 0.4) is 0 Å². The number of nitrogens with zero attached hydrogens (tertiary/aromatic N) is 3. The van der Waals surface area contributed by atoms with Crippen molar-refractivity contribution in [2.45, 2.75) is 35.2 Å². The Morgan fingerprint density at radius 1 is 1.00 bits per heavy atom. The normalized spacial score (nSPS) is 10.8. The minimum absolute atomic E-state index is 0.695. The molecule has 0 bridgehead atoms. The molecule has 7 heteroatoms. The molecule has 3 aromatic rings. The van der Waals surface area contributed by atoms with E-state index in [4.69, 9.17) is 16.3 Å². The van der Waals surface area contributed by atoms with Crippen LogP contribution in [0.15, 0.2) is 77.3 Å². The number of hydrogen-bond donors (Lipinski definition) is 0. The first-order valence-electron chi connectivity index (χ1n) is 9.48. The minimum Gasteiger partial charge on any atom is -0.494 e. The molecule has 29 heavy (non-hydrogen) atoms. The summed E-state index contributed by atoms with van der Waals surface area (Å²) in [7, 11) is 0. The van der Waals surface area contributed by atoms with Gasteiger partial charge in [-0.1, -0.05) is 47.6 Å². The maximum atomic E-state index is 5.88. The second-order valence-electron chi connectivity index (χ2n) is 6.26. The fraction of sp³-hybridized carbons (Fsp3) is 0.273. The molecule has 0 aliphatic heterocycles. The zero-order valence-corrected chi connectivity index (χ0v) is 18.6. The van der Waals surface area contributed by atoms with E-state index >= 15 is 0 Å². The fourth-order valence-electron chi connectivity index (χ4n) is 2.60. The third kappa shape index (κ3) is 7.14. The van der Waals surface area contributed by atoms with Crippen molar-refractivity contribution in [1.82, 2.24) is 14.8 Å². The van der Waals surface area contributed by atoms with Crippen molar-refractivity contribution in [3.05, 3.63) is 78.1 Å². The molecule has 4 nitrogen and oxygen atoms in total. The Balaban J connectivity index is 1.43. The van der Waals surface area contributed by atoms with E-state index in [1.54, 1.807) is 23.5 Å². The van der Waals surface area contributed by atoms with Crippen molar-refractivity contribution in [1.29, 1.82) is 0 Å². The van der Waals surface area contributed by atoms with E-state index in [9.17, 15) is 0 Å². The molecule has 0 saturated carbocycles. The molecule has 3 rings (SSSR count). The van der Waals surface area contributed by atoms with Gasteiger partial charge in [-0.25, -0.2) is 0 Å². The Kier molecular flexibility index (Phi) is 8.99. The van der Waals surface area contributed by atoms with Crippen LogP contribution in [-0.2, 0) is 12.3 Å². The number of halogens is 1. The van der Waals surface area contributed by atoms with Crippen LogP contribution in [0, 0.1) is 0 Å². The molecule has 0 N–H and O–H groups in total. The van der Waals surface area contributed by atoms with Crippen molar-refractivity contribution in [2.24, 2.45) is 0 Å². The Labute approximate surface area is 185 Å². The molecule has 0 spiro atoms. The lowest BCUT2D eigenvalue weighted by atomic mass is 10.3. The van der Waals surface area contributed by atoms with Crippen molar-refractivity contribution in [3.8, 4) is 5.75 Å². The monoisotopic (exact) mass is 445 g/mol. The van der Waals surface area contributed by atoms with Gasteiger partial charge >= 0.3 is 0 Å². The molecule has 1 aromatic heterocycles. The van der Waals surface area contributed by atoms with Crippen molar-refractivity contribution in [2.75, 3.05) is 12.4 Å². The summed E-state index contributed by atoms with van der Waals surface area (Å²) in [5.74, 6) is 3.60. The van der Waals surface area contributed by atoms with Crippen LogP contribution in [0.25, 0.3) is 0 Å². The van der Waals surface area contributed by atoms with Gasteiger partial charge < -0.3 is 9.30 Å². The highest BCUT2D eigenvalue weighted by Crippen LogP contribution is 2.25. The van der Waals surface area contributed by atoms with Crippen molar-refractivity contribution < 1.29 is 4.74 Å². The number of ether oxygens (including phenoxy) is 1. The zero-order chi connectivity index (χ0) is 20.3. The van der Waals surface area contributed by atoms with Crippen LogP contribution < -0.4 is 4.74 Å². The first-order valence-corrected chi connectivity index (χ1v) is 11.8. The van der Waals surface area contributed by atoms with Crippen LogP contribution in [0.2, 0.25) is 5.02 Å². The standard InChI is InChI=1S/C22H24ClN3OS2/c1-2-14-26-21(17-29-20-8-4-3-5-9-20)24-25-22(26)28-16-7-6-15-27-19-12-10-18(23)11-13-19/h2-5,8-13H,1,6-7,14-17H2. The third-order valence-electron chi connectivity index (χ3n) is 4.07. The van der Waals surface area contributed by atoms with Gasteiger partial charge in [-0.15, -0.1) is 28.5 Å². The largest absolute Gasteiger partial charge is 0.494 e. The quantitative estimate of drug-likeness (QED) is 0.184. The van der Waals surface area contributed by atoms with E-state index in [0.717, 1.165) is 52.6 Å². The van der Waals surface area contributed by atoms with E-state index in [1.165, 1.54) is 4.90 Å². The first kappa shape index (κ1) is 21.8. The van der Waals surface area contributed by atoms with Gasteiger partial charge in [0.25, 0.3) is 0 Å². The SMILES string of the molecule is C=CCn1c(CSc2ccccc2)nnc1SCCCCOc1ccc(Cl)cc1. The van der Waals surface area contributed by atoms with Gasteiger partial charge in [0, 0.05) is 22.2 Å². The van der Waals surface area contributed by atoms with Crippen LogP contribution >= 0.6 is 35.1 Å². The minimum atomic E-state index is 0.695. The number of benzene rings is 2. The lowest BCUT2D eigenvalue weighted by Gasteiger charge is -2.08. The summed E-state index contributed by atoms with van der Waals surface area (Å²) < 4.78 is 7.89. The van der Waals surface area contributed by atoms with Gasteiger partial charge in [0.15, 0.2) is 5.16 Å². The topological polar surface area (TPSA) is 39.9 Å². The smallest absolute Gasteiger partial charge is 0.191 e. The van der Waals surface area contributed by atoms with Crippen LogP contribution in [0.4, 0.5) is 0 Å². The summed E-state index contributed by atoms with van der Waals surface area (Å²) >= 11 is 9.39. The molecule has 0 unspecified atom stereocenters. The van der Waals surface area contributed by atoms with Gasteiger partial charge in [0.05, 0.1) is 12.4 Å². The first-order chi connectivity index (χ1) is 14.3. The van der Waals surface area contributed by atoms with Crippen LogP contribution in [-0.4, -0.2) is 27.1 Å². The highest BCUT2D eigenvalue weighted by molar-refractivity contribution is 7.99. The van der Waals surface area contributed by atoms with Gasteiger partial charge in [-0.2, -0.15) is 0 Å². The van der Waals surface area contributed by atoms with E-state index in [1.807, 2.05) is 36.4 Å². The molecule has 0 radical (unpaired) electrons. The highest BCUT2D eigenvalue weighted by atomic mass is 35.5. The number of allylic oxidation sites excluding steroid dienone is 1. The van der Waals surface area contributed by atoms with Crippen LogP contribution in [0.1, 0.15) is 18.7 Å². The molecule has 2 aromatic carbocycles. The van der Waals surface area contributed by atoms with Crippen LogP contribution in [0.5, 0.6) is 5.75 Å². The summed E-state index contributed by atoms with van der Waals surface area (Å²) in [6, 6.07) is 17.8. The molecular weight excluding hydrogens is 422 g/mol. The number of aromatic nitrogens is 3. The molecule has 0 aliphatic rings. The summed E-state index contributed by atoms with van der Waals surface area (Å²) in [4.78, 5) is 1.23. The van der Waals surface area contributed by atoms with Gasteiger partial charge in [-0.3, -0.25) is 0 Å². The third-order valence-corrected chi connectivity index (χ3v) is 6.38. The zero-order valence-electron chi connectivity index (χ0n) is 16.2. The van der Waals surface area contributed by atoms with Gasteiger partial charge in [0.1, 0.15) is 11.6 Å². The molecule has 0 fully saturated rings. The van der Waals surface area contributed by atoms with E-state index in [0.29, 0.717) is 6.61 Å². The van der Waals surface area contributed by atoms with Gasteiger partial charge in [0.2, 0.25) is 0 Å². The summed E-state index contributed by atoms with van der Waals surface area (Å²) in [5.41, 5.74) is 0. The van der Waals surface area contributed by atoms with E-state index in [2.05, 4.69) is 45.6 Å². The number of unbranched alkanes of at least 4 members (excludes halogenated alkanes) is 1. The average molecular weight is 446 g/mol. The summed E-state index contributed by atoms with van der Waals surface area (Å²) in [6.45, 7) is 5.29. The molecule has 152 valence electrons. The number of thioether (sulfide) groups is 2. The lowest BCUT2D eigenvalue weighted by molar-refractivity contribution is 0.310. The molecule has 0 atom stereocenters. The second-order valence-corrected chi connectivity index (χ2v) is 8.81. The predicted molar refractivity (Wildman–Crippen MR) is 123 cm³/mol. The number of rotatable bonds is 12. The Hall–Kier alpha value is -1.89. The predicted octanol–water partition coefficient (Wildman–Crippen LogP) is 6.36. The summed E-state index contributed by atoms with van der Waals surface area (Å²) in [5, 5.41) is 10.5.